The summed E-state index contributed by atoms with van der Waals surface area (Å²) in [4.78, 5) is 16.7. The number of halogens is 3. The number of aromatic nitrogens is 1. The van der Waals surface area contributed by atoms with Gasteiger partial charge >= 0.3 is 6.18 Å². The van der Waals surface area contributed by atoms with Crippen molar-refractivity contribution in [3.63, 3.8) is 0 Å². The summed E-state index contributed by atoms with van der Waals surface area (Å²) in [5.41, 5.74) is 4.71. The van der Waals surface area contributed by atoms with Crippen LogP contribution in [-0.2, 0) is 15.7 Å². The minimum Gasteiger partial charge on any atom is -0.379 e. The number of carbonyl (C=O) groups is 1. The van der Waals surface area contributed by atoms with Crippen molar-refractivity contribution in [2.24, 2.45) is 5.73 Å². The van der Waals surface area contributed by atoms with E-state index in [2.05, 4.69) is 4.98 Å². The van der Waals surface area contributed by atoms with E-state index in [1.54, 1.807) is 4.90 Å². The van der Waals surface area contributed by atoms with Crippen molar-refractivity contribution < 1.29 is 22.7 Å². The highest BCUT2D eigenvalue weighted by Gasteiger charge is 2.33. The van der Waals surface area contributed by atoms with Crippen molar-refractivity contribution in [1.82, 2.24) is 9.88 Å². The Balaban J connectivity index is 2.23. The van der Waals surface area contributed by atoms with Gasteiger partial charge < -0.3 is 10.5 Å². The third kappa shape index (κ3) is 3.26. The predicted octanol–water partition coefficient (Wildman–Crippen LogP) is 0.959. The van der Waals surface area contributed by atoms with Crippen LogP contribution in [0.3, 0.4) is 0 Å². The molecule has 0 saturated carbocycles. The van der Waals surface area contributed by atoms with E-state index in [0.29, 0.717) is 31.9 Å². The summed E-state index contributed by atoms with van der Waals surface area (Å²) < 4.78 is 42.5. The Morgan fingerprint density at radius 2 is 2.00 bits per heavy atom. The van der Waals surface area contributed by atoms with Gasteiger partial charge in [-0.15, -0.1) is 0 Å². The van der Waals surface area contributed by atoms with Crippen molar-refractivity contribution >= 4 is 5.91 Å². The molecule has 0 aliphatic carbocycles. The SMILES string of the molecule is NC(=O)C(c1ccc(C(F)(F)F)nc1)N1CCOCC1. The number of nitrogens with two attached hydrogens (primary N) is 1. The molecule has 0 radical (unpaired) electrons. The molecule has 8 heteroatoms. The molecule has 110 valence electrons. The molecule has 1 amide bonds. The second-order valence-electron chi connectivity index (χ2n) is 4.43. The van der Waals surface area contributed by atoms with Gasteiger partial charge in [0.1, 0.15) is 11.7 Å². The van der Waals surface area contributed by atoms with Gasteiger partial charge in [0.15, 0.2) is 0 Å². The molecule has 1 atom stereocenters. The quantitative estimate of drug-likeness (QED) is 0.900. The van der Waals surface area contributed by atoms with Crippen LogP contribution in [0.2, 0.25) is 0 Å². The maximum absolute atomic E-state index is 12.5. The topological polar surface area (TPSA) is 68.5 Å². The molecular formula is C12H14F3N3O2. The number of hydrogen-bond donors (Lipinski definition) is 1. The van der Waals surface area contributed by atoms with Gasteiger partial charge in [-0.25, -0.2) is 0 Å². The Kier molecular flexibility index (Phi) is 4.24. The second kappa shape index (κ2) is 5.76. The number of morpholine rings is 1. The fourth-order valence-corrected chi connectivity index (χ4v) is 2.13. The van der Waals surface area contributed by atoms with E-state index >= 15 is 0 Å². The van der Waals surface area contributed by atoms with Crippen LogP contribution in [0.4, 0.5) is 13.2 Å². The predicted molar refractivity (Wildman–Crippen MR) is 63.6 cm³/mol. The molecule has 0 aromatic carbocycles. The fourth-order valence-electron chi connectivity index (χ4n) is 2.13. The molecule has 2 heterocycles. The van der Waals surface area contributed by atoms with Crippen LogP contribution in [0.15, 0.2) is 18.3 Å². The highest BCUT2D eigenvalue weighted by atomic mass is 19.4. The van der Waals surface area contributed by atoms with Gasteiger partial charge in [0, 0.05) is 19.3 Å². The van der Waals surface area contributed by atoms with E-state index in [1.165, 1.54) is 6.07 Å². The minimum absolute atomic E-state index is 0.354. The van der Waals surface area contributed by atoms with Gasteiger partial charge in [-0.05, 0) is 11.6 Å². The Morgan fingerprint density at radius 3 is 2.45 bits per heavy atom. The summed E-state index contributed by atoms with van der Waals surface area (Å²) in [5.74, 6) is -0.617. The number of hydrogen-bond acceptors (Lipinski definition) is 4. The van der Waals surface area contributed by atoms with Gasteiger partial charge in [-0.2, -0.15) is 13.2 Å². The summed E-state index contributed by atoms with van der Waals surface area (Å²) in [6.07, 6.45) is -3.45. The summed E-state index contributed by atoms with van der Waals surface area (Å²) in [5, 5.41) is 0. The smallest absolute Gasteiger partial charge is 0.379 e. The largest absolute Gasteiger partial charge is 0.433 e. The van der Waals surface area contributed by atoms with Crippen LogP contribution in [0.1, 0.15) is 17.3 Å². The van der Waals surface area contributed by atoms with Crippen LogP contribution in [0, 0.1) is 0 Å². The van der Waals surface area contributed by atoms with E-state index in [-0.39, 0.29) is 0 Å². The van der Waals surface area contributed by atoms with Crippen molar-refractivity contribution in [3.8, 4) is 0 Å². The molecule has 1 aliphatic rings. The lowest BCUT2D eigenvalue weighted by Crippen LogP contribution is -2.44. The molecule has 2 N–H and O–H groups in total. The van der Waals surface area contributed by atoms with Crippen LogP contribution < -0.4 is 5.73 Å². The lowest BCUT2D eigenvalue weighted by molar-refractivity contribution is -0.141. The molecule has 5 nitrogen and oxygen atoms in total. The molecule has 1 aliphatic heterocycles. The monoisotopic (exact) mass is 289 g/mol. The van der Waals surface area contributed by atoms with E-state index in [4.69, 9.17) is 10.5 Å². The third-order valence-electron chi connectivity index (χ3n) is 3.07. The van der Waals surface area contributed by atoms with Gasteiger partial charge in [-0.1, -0.05) is 6.07 Å². The van der Waals surface area contributed by atoms with Crippen LogP contribution in [0.5, 0.6) is 0 Å². The molecular weight excluding hydrogens is 275 g/mol. The Hall–Kier alpha value is -1.67. The number of ether oxygens (including phenoxy) is 1. The Labute approximate surface area is 113 Å². The molecule has 1 aromatic rings. The summed E-state index contributed by atoms with van der Waals surface area (Å²) >= 11 is 0. The van der Waals surface area contributed by atoms with Crippen molar-refractivity contribution in [2.75, 3.05) is 26.3 Å². The molecule has 0 spiro atoms. The van der Waals surface area contributed by atoms with Crippen LogP contribution >= 0.6 is 0 Å². The molecule has 1 fully saturated rings. The minimum atomic E-state index is -4.50. The zero-order valence-corrected chi connectivity index (χ0v) is 10.6. The molecule has 1 aromatic heterocycles. The standard InChI is InChI=1S/C12H14F3N3O2/c13-12(14,15)9-2-1-8(7-17-9)10(11(16)19)18-3-5-20-6-4-18/h1-2,7,10H,3-6H2,(H2,16,19). The Morgan fingerprint density at radius 1 is 1.35 bits per heavy atom. The van der Waals surface area contributed by atoms with E-state index in [9.17, 15) is 18.0 Å². The highest BCUT2D eigenvalue weighted by Crippen LogP contribution is 2.29. The average molecular weight is 289 g/mol. The van der Waals surface area contributed by atoms with Crippen molar-refractivity contribution in [1.29, 1.82) is 0 Å². The van der Waals surface area contributed by atoms with Gasteiger partial charge in [0.2, 0.25) is 5.91 Å². The number of nitrogens with zero attached hydrogens (tertiary/aromatic N) is 2. The zero-order valence-electron chi connectivity index (χ0n) is 10.6. The maximum Gasteiger partial charge on any atom is 0.433 e. The number of alkyl halides is 3. The first-order valence-corrected chi connectivity index (χ1v) is 6.04. The number of pyridine rings is 1. The fraction of sp³-hybridized carbons (Fsp3) is 0.500. The molecule has 0 bridgehead atoms. The number of rotatable bonds is 3. The van der Waals surface area contributed by atoms with Crippen LogP contribution in [0.25, 0.3) is 0 Å². The number of primary amides is 1. The lowest BCUT2D eigenvalue weighted by atomic mass is 10.1. The number of amides is 1. The number of carbonyl (C=O) groups excluding carboxylic acids is 1. The van der Waals surface area contributed by atoms with Gasteiger partial charge in [-0.3, -0.25) is 14.7 Å². The molecule has 2 rings (SSSR count). The maximum atomic E-state index is 12.5. The Bertz CT molecular complexity index is 470. The third-order valence-corrected chi connectivity index (χ3v) is 3.07. The molecule has 1 unspecified atom stereocenters. The average Bonchev–Trinajstić information content (AvgIpc) is 2.39. The highest BCUT2D eigenvalue weighted by molar-refractivity contribution is 5.81. The normalized spacial score (nSPS) is 18.8. The van der Waals surface area contributed by atoms with Gasteiger partial charge in [0.25, 0.3) is 0 Å². The first-order valence-electron chi connectivity index (χ1n) is 6.04. The molecule has 1 saturated heterocycles. The van der Waals surface area contributed by atoms with E-state index in [0.717, 1.165) is 12.3 Å². The van der Waals surface area contributed by atoms with Crippen molar-refractivity contribution in [2.45, 2.75) is 12.2 Å². The van der Waals surface area contributed by atoms with Crippen LogP contribution in [-0.4, -0.2) is 42.1 Å². The van der Waals surface area contributed by atoms with Crippen molar-refractivity contribution in [3.05, 3.63) is 29.6 Å². The zero-order chi connectivity index (χ0) is 14.8. The second-order valence-corrected chi connectivity index (χ2v) is 4.43. The van der Waals surface area contributed by atoms with Gasteiger partial charge in [0.05, 0.1) is 13.2 Å². The summed E-state index contributed by atoms with van der Waals surface area (Å²) in [7, 11) is 0. The lowest BCUT2D eigenvalue weighted by Gasteiger charge is -2.32. The summed E-state index contributed by atoms with van der Waals surface area (Å²) in [6.45, 7) is 1.90. The van der Waals surface area contributed by atoms with E-state index in [1.807, 2.05) is 0 Å². The first kappa shape index (κ1) is 14.7. The first-order chi connectivity index (χ1) is 9.39. The van der Waals surface area contributed by atoms with E-state index < -0.39 is 23.8 Å². The molecule has 20 heavy (non-hydrogen) atoms. The summed E-state index contributed by atoms with van der Waals surface area (Å²) in [6, 6.07) is 1.31.